The predicted molar refractivity (Wildman–Crippen MR) is 85.0 cm³/mol. The van der Waals surface area contributed by atoms with Crippen LogP contribution in [-0.4, -0.2) is 5.11 Å². The maximum atomic E-state index is 12.8. The minimum atomic E-state index is -4.45. The fraction of sp³-hybridized carbons (Fsp3) is 0.143. The molecular weight excluding hydrogens is 481 g/mol. The third kappa shape index (κ3) is 3.88. The van der Waals surface area contributed by atoms with E-state index in [-0.39, 0.29) is 5.56 Å². The third-order valence-corrected chi connectivity index (χ3v) is 4.81. The van der Waals surface area contributed by atoms with Crippen LogP contribution < -0.4 is 0 Å². The summed E-state index contributed by atoms with van der Waals surface area (Å²) < 4.78 is 40.1. The summed E-state index contributed by atoms with van der Waals surface area (Å²) in [6.07, 6.45) is -5.64. The van der Waals surface area contributed by atoms with Gasteiger partial charge in [0.25, 0.3) is 0 Å². The quantitative estimate of drug-likeness (QED) is 0.543. The van der Waals surface area contributed by atoms with Crippen molar-refractivity contribution >= 4 is 47.8 Å². The molecule has 0 heterocycles. The summed E-state index contributed by atoms with van der Waals surface area (Å²) in [7, 11) is 0. The Kier molecular flexibility index (Phi) is 5.18. The number of alkyl halides is 3. The first-order valence-corrected chi connectivity index (χ1v) is 8.07. The lowest BCUT2D eigenvalue weighted by molar-refractivity contribution is -0.137. The number of halogens is 6. The molecule has 1 nitrogen and oxygen atoms in total. The first kappa shape index (κ1) is 17.0. The Balaban J connectivity index is 2.52. The number of hydrogen-bond donors (Lipinski definition) is 1. The molecule has 0 bridgehead atoms. The first-order valence-electron chi connectivity index (χ1n) is 5.70. The van der Waals surface area contributed by atoms with Crippen LogP contribution in [0, 0.1) is 0 Å². The van der Waals surface area contributed by atoms with Crippen molar-refractivity contribution in [1.82, 2.24) is 0 Å². The monoisotopic (exact) mass is 486 g/mol. The fourth-order valence-corrected chi connectivity index (χ4v) is 3.13. The van der Waals surface area contributed by atoms with E-state index in [9.17, 15) is 18.3 Å². The highest BCUT2D eigenvalue weighted by atomic mass is 79.9. The molecule has 112 valence electrons. The lowest BCUT2D eigenvalue weighted by Crippen LogP contribution is -2.08. The van der Waals surface area contributed by atoms with Gasteiger partial charge in [0, 0.05) is 19.0 Å². The van der Waals surface area contributed by atoms with Crippen molar-refractivity contribution in [3.05, 3.63) is 66.5 Å². The van der Waals surface area contributed by atoms with Gasteiger partial charge in [-0.3, -0.25) is 0 Å². The van der Waals surface area contributed by atoms with E-state index in [1.165, 1.54) is 6.07 Å². The van der Waals surface area contributed by atoms with Gasteiger partial charge in [-0.2, -0.15) is 13.2 Å². The normalized spacial score (nSPS) is 13.3. The smallest absolute Gasteiger partial charge is 0.384 e. The molecule has 0 aliphatic rings. The molecule has 0 aliphatic heterocycles. The Hall–Kier alpha value is -0.370. The van der Waals surface area contributed by atoms with Gasteiger partial charge in [-0.05, 0) is 42.0 Å². The van der Waals surface area contributed by atoms with Gasteiger partial charge in [0.1, 0.15) is 6.10 Å². The van der Waals surface area contributed by atoms with Crippen molar-refractivity contribution in [2.45, 2.75) is 12.3 Å². The van der Waals surface area contributed by atoms with Gasteiger partial charge in [0.2, 0.25) is 0 Å². The van der Waals surface area contributed by atoms with Crippen molar-refractivity contribution in [2.75, 3.05) is 0 Å². The Morgan fingerprint density at radius 3 is 1.95 bits per heavy atom. The van der Waals surface area contributed by atoms with E-state index >= 15 is 0 Å². The SMILES string of the molecule is OC(c1cc(Br)ccc1Br)c1cc(C(F)(F)F)ccc1Br. The van der Waals surface area contributed by atoms with E-state index in [0.29, 0.717) is 14.5 Å². The largest absolute Gasteiger partial charge is 0.416 e. The highest BCUT2D eigenvalue weighted by Crippen LogP contribution is 2.38. The molecule has 7 heteroatoms. The minimum Gasteiger partial charge on any atom is -0.384 e. The average Bonchev–Trinajstić information content (AvgIpc) is 2.40. The molecule has 0 saturated carbocycles. The molecule has 1 atom stereocenters. The molecule has 1 unspecified atom stereocenters. The zero-order chi connectivity index (χ0) is 15.8. The standard InChI is InChI=1S/C14H8Br3F3O/c15-8-2-4-12(17)10(6-8)13(21)9-5-7(14(18,19)20)1-3-11(9)16/h1-6,13,21H. The molecule has 2 rings (SSSR count). The topological polar surface area (TPSA) is 20.2 Å². The zero-order valence-corrected chi connectivity index (χ0v) is 15.0. The van der Waals surface area contributed by atoms with E-state index in [0.717, 1.165) is 16.6 Å². The van der Waals surface area contributed by atoms with Crippen molar-refractivity contribution in [3.8, 4) is 0 Å². The molecule has 0 saturated heterocycles. The van der Waals surface area contributed by atoms with Gasteiger partial charge >= 0.3 is 6.18 Å². The van der Waals surface area contributed by atoms with Gasteiger partial charge in [0.05, 0.1) is 5.56 Å². The van der Waals surface area contributed by atoms with Crippen molar-refractivity contribution in [2.24, 2.45) is 0 Å². The number of hydrogen-bond acceptors (Lipinski definition) is 1. The highest BCUT2D eigenvalue weighted by molar-refractivity contribution is 9.11. The molecule has 0 fully saturated rings. The van der Waals surface area contributed by atoms with Gasteiger partial charge in [0.15, 0.2) is 0 Å². The van der Waals surface area contributed by atoms with Gasteiger partial charge in [-0.15, -0.1) is 0 Å². The maximum absolute atomic E-state index is 12.8. The summed E-state index contributed by atoms with van der Waals surface area (Å²) in [5, 5.41) is 10.4. The summed E-state index contributed by atoms with van der Waals surface area (Å²) in [5.41, 5.74) is -0.168. The summed E-state index contributed by atoms with van der Waals surface area (Å²) >= 11 is 9.75. The molecular formula is C14H8Br3F3O. The lowest BCUT2D eigenvalue weighted by Gasteiger charge is -2.17. The second kappa shape index (κ2) is 6.40. The van der Waals surface area contributed by atoms with E-state index < -0.39 is 17.8 Å². The van der Waals surface area contributed by atoms with Crippen LogP contribution in [0.2, 0.25) is 0 Å². The molecule has 21 heavy (non-hydrogen) atoms. The summed E-state index contributed by atoms with van der Waals surface area (Å²) in [6, 6.07) is 8.33. The Labute approximate surface area is 144 Å². The fourth-order valence-electron chi connectivity index (χ4n) is 1.82. The van der Waals surface area contributed by atoms with Crippen LogP contribution in [0.1, 0.15) is 22.8 Å². The molecule has 0 spiro atoms. The predicted octanol–water partition coefficient (Wildman–Crippen LogP) is 6.07. The van der Waals surface area contributed by atoms with Crippen LogP contribution >= 0.6 is 47.8 Å². The van der Waals surface area contributed by atoms with E-state index in [2.05, 4.69) is 47.8 Å². The molecule has 2 aromatic carbocycles. The zero-order valence-electron chi connectivity index (χ0n) is 10.3. The molecule has 0 amide bonds. The molecule has 0 aliphatic carbocycles. The van der Waals surface area contributed by atoms with Crippen LogP contribution in [0.25, 0.3) is 0 Å². The second-order valence-electron chi connectivity index (χ2n) is 4.30. The van der Waals surface area contributed by atoms with Crippen molar-refractivity contribution < 1.29 is 18.3 Å². The third-order valence-electron chi connectivity index (χ3n) is 2.87. The first-order chi connectivity index (χ1) is 9.70. The van der Waals surface area contributed by atoms with Crippen LogP contribution in [-0.2, 0) is 6.18 Å². The molecule has 0 radical (unpaired) electrons. The summed E-state index contributed by atoms with van der Waals surface area (Å²) in [4.78, 5) is 0. The molecule has 1 N–H and O–H groups in total. The van der Waals surface area contributed by atoms with Crippen LogP contribution in [0.4, 0.5) is 13.2 Å². The number of aliphatic hydroxyl groups excluding tert-OH is 1. The second-order valence-corrected chi connectivity index (χ2v) is 6.93. The minimum absolute atomic E-state index is 0.156. The summed E-state index contributed by atoms with van der Waals surface area (Å²) in [6.45, 7) is 0. The van der Waals surface area contributed by atoms with Crippen LogP contribution in [0.3, 0.4) is 0 Å². The maximum Gasteiger partial charge on any atom is 0.416 e. The number of rotatable bonds is 2. The van der Waals surface area contributed by atoms with Gasteiger partial charge in [-0.1, -0.05) is 47.8 Å². The summed E-state index contributed by atoms with van der Waals surface area (Å²) in [5.74, 6) is 0. The van der Waals surface area contributed by atoms with Crippen molar-refractivity contribution in [3.63, 3.8) is 0 Å². The average molecular weight is 489 g/mol. The number of aliphatic hydroxyl groups is 1. The van der Waals surface area contributed by atoms with Gasteiger partial charge < -0.3 is 5.11 Å². The van der Waals surface area contributed by atoms with Crippen LogP contribution in [0.5, 0.6) is 0 Å². The molecule has 0 aromatic heterocycles. The molecule has 2 aromatic rings. The number of benzene rings is 2. The Morgan fingerprint density at radius 2 is 1.38 bits per heavy atom. The lowest BCUT2D eigenvalue weighted by atomic mass is 9.99. The van der Waals surface area contributed by atoms with E-state index in [1.807, 2.05) is 0 Å². The Bertz CT molecular complexity index is 671. The van der Waals surface area contributed by atoms with Crippen molar-refractivity contribution in [1.29, 1.82) is 0 Å². The van der Waals surface area contributed by atoms with E-state index in [4.69, 9.17) is 0 Å². The highest BCUT2D eigenvalue weighted by Gasteiger charge is 2.32. The van der Waals surface area contributed by atoms with Gasteiger partial charge in [-0.25, -0.2) is 0 Å². The Morgan fingerprint density at radius 1 is 0.857 bits per heavy atom. The van der Waals surface area contributed by atoms with Crippen LogP contribution in [0.15, 0.2) is 49.8 Å². The van der Waals surface area contributed by atoms with E-state index in [1.54, 1.807) is 18.2 Å².